The first-order chi connectivity index (χ1) is 9.95. The molecule has 0 bridgehead atoms. The number of rotatable bonds is 4. The molecular formula is C15H13BrF2N2O. The van der Waals surface area contributed by atoms with Gasteiger partial charge in [0.25, 0.3) is 0 Å². The molecule has 0 saturated heterocycles. The maximum Gasteiger partial charge on any atom is 0.224 e. The Kier molecular flexibility index (Phi) is 4.90. The van der Waals surface area contributed by atoms with Gasteiger partial charge in [0.1, 0.15) is 11.6 Å². The lowest BCUT2D eigenvalue weighted by molar-refractivity contribution is -0.116. The molecule has 110 valence electrons. The van der Waals surface area contributed by atoms with Crippen molar-refractivity contribution in [2.75, 3.05) is 11.1 Å². The number of amides is 1. The van der Waals surface area contributed by atoms with Gasteiger partial charge in [-0.2, -0.15) is 0 Å². The Morgan fingerprint density at radius 3 is 2.48 bits per heavy atom. The van der Waals surface area contributed by atoms with Crippen LogP contribution in [0.3, 0.4) is 0 Å². The van der Waals surface area contributed by atoms with E-state index in [-0.39, 0.29) is 22.5 Å². The molecule has 0 heterocycles. The summed E-state index contributed by atoms with van der Waals surface area (Å²) in [4.78, 5) is 11.8. The molecular weight excluding hydrogens is 342 g/mol. The van der Waals surface area contributed by atoms with Crippen LogP contribution in [0.5, 0.6) is 0 Å². The van der Waals surface area contributed by atoms with Crippen LogP contribution < -0.4 is 11.1 Å². The van der Waals surface area contributed by atoms with Gasteiger partial charge >= 0.3 is 0 Å². The molecule has 3 nitrogen and oxygen atoms in total. The number of nitrogens with two attached hydrogens (primary N) is 1. The van der Waals surface area contributed by atoms with E-state index in [1.54, 1.807) is 12.1 Å². The van der Waals surface area contributed by atoms with Crippen LogP contribution in [0, 0.1) is 11.6 Å². The molecule has 3 N–H and O–H groups in total. The summed E-state index contributed by atoms with van der Waals surface area (Å²) in [6.45, 7) is 0. The Hall–Kier alpha value is -1.95. The molecule has 0 aliphatic rings. The number of hydrogen-bond donors (Lipinski definition) is 2. The van der Waals surface area contributed by atoms with Gasteiger partial charge in [-0.25, -0.2) is 8.78 Å². The summed E-state index contributed by atoms with van der Waals surface area (Å²) in [7, 11) is 0. The monoisotopic (exact) mass is 354 g/mol. The summed E-state index contributed by atoms with van der Waals surface area (Å²) >= 11 is 2.88. The minimum Gasteiger partial charge on any atom is -0.399 e. The van der Waals surface area contributed by atoms with Gasteiger partial charge in [-0.3, -0.25) is 4.79 Å². The summed E-state index contributed by atoms with van der Waals surface area (Å²) in [5, 5.41) is 2.36. The quantitative estimate of drug-likeness (QED) is 0.646. The first kappa shape index (κ1) is 15.4. The third-order valence-corrected chi connectivity index (χ3v) is 3.51. The SMILES string of the molecule is Nc1ccc(CCC(=O)Nc2cc(F)c(Br)cc2F)cc1. The van der Waals surface area contributed by atoms with Gasteiger partial charge in [0.15, 0.2) is 0 Å². The average Bonchev–Trinajstić information content (AvgIpc) is 2.44. The van der Waals surface area contributed by atoms with E-state index in [9.17, 15) is 13.6 Å². The minimum absolute atomic E-state index is 0.0138. The standard InChI is InChI=1S/C15H13BrF2N2O/c16-11-7-13(18)14(8-12(11)17)20-15(21)6-3-9-1-4-10(19)5-2-9/h1-2,4-5,7-8H,3,6,19H2,(H,20,21). The van der Waals surface area contributed by atoms with Gasteiger partial charge in [0.2, 0.25) is 5.91 Å². The predicted molar refractivity (Wildman–Crippen MR) is 81.9 cm³/mol. The van der Waals surface area contributed by atoms with Crippen LogP contribution in [0.15, 0.2) is 40.9 Å². The number of benzene rings is 2. The van der Waals surface area contributed by atoms with E-state index in [1.807, 2.05) is 12.1 Å². The highest BCUT2D eigenvalue weighted by molar-refractivity contribution is 9.10. The molecule has 1 amide bonds. The number of anilines is 2. The number of aryl methyl sites for hydroxylation is 1. The summed E-state index contributed by atoms with van der Waals surface area (Å²) < 4.78 is 26.9. The molecule has 0 radical (unpaired) electrons. The molecule has 2 rings (SSSR count). The van der Waals surface area contributed by atoms with E-state index in [4.69, 9.17) is 5.73 Å². The number of nitrogen functional groups attached to an aromatic ring is 1. The van der Waals surface area contributed by atoms with Crippen molar-refractivity contribution in [3.8, 4) is 0 Å². The van der Waals surface area contributed by atoms with Gasteiger partial charge in [-0.1, -0.05) is 12.1 Å². The minimum atomic E-state index is -0.691. The topological polar surface area (TPSA) is 55.1 Å². The van der Waals surface area contributed by atoms with Crippen molar-refractivity contribution in [2.24, 2.45) is 0 Å². The number of hydrogen-bond acceptors (Lipinski definition) is 2. The Morgan fingerprint density at radius 1 is 1.14 bits per heavy atom. The molecule has 6 heteroatoms. The molecule has 0 fully saturated rings. The van der Waals surface area contributed by atoms with Crippen molar-refractivity contribution >= 4 is 33.2 Å². The lowest BCUT2D eigenvalue weighted by Crippen LogP contribution is -2.13. The lowest BCUT2D eigenvalue weighted by Gasteiger charge is -2.08. The largest absolute Gasteiger partial charge is 0.399 e. The van der Waals surface area contributed by atoms with Gasteiger partial charge < -0.3 is 11.1 Å². The van der Waals surface area contributed by atoms with Crippen LogP contribution in [0.4, 0.5) is 20.2 Å². The summed E-state index contributed by atoms with van der Waals surface area (Å²) in [6.07, 6.45) is 0.660. The molecule has 0 atom stereocenters. The molecule has 2 aromatic rings. The highest BCUT2D eigenvalue weighted by Crippen LogP contribution is 2.23. The molecule has 0 aliphatic carbocycles. The normalized spacial score (nSPS) is 10.4. The third kappa shape index (κ3) is 4.26. The zero-order valence-corrected chi connectivity index (χ0v) is 12.6. The fourth-order valence-corrected chi connectivity index (χ4v) is 2.09. The highest BCUT2D eigenvalue weighted by Gasteiger charge is 2.11. The number of carbonyl (C=O) groups is 1. The lowest BCUT2D eigenvalue weighted by atomic mass is 10.1. The molecule has 0 unspecified atom stereocenters. The number of halogens is 3. The number of carbonyl (C=O) groups excluding carboxylic acids is 1. The van der Waals surface area contributed by atoms with Crippen molar-refractivity contribution in [3.63, 3.8) is 0 Å². The molecule has 21 heavy (non-hydrogen) atoms. The fraction of sp³-hybridized carbons (Fsp3) is 0.133. The zero-order valence-electron chi connectivity index (χ0n) is 11.0. The summed E-state index contributed by atoms with van der Waals surface area (Å²) in [6, 6.07) is 9.06. The van der Waals surface area contributed by atoms with E-state index in [0.717, 1.165) is 17.7 Å². The van der Waals surface area contributed by atoms with E-state index >= 15 is 0 Å². The van der Waals surface area contributed by atoms with Crippen LogP contribution in [0.1, 0.15) is 12.0 Å². The number of nitrogens with one attached hydrogen (secondary N) is 1. The summed E-state index contributed by atoms with van der Waals surface area (Å²) in [5.74, 6) is -1.71. The van der Waals surface area contributed by atoms with Crippen LogP contribution in [0.25, 0.3) is 0 Å². The maximum atomic E-state index is 13.6. The van der Waals surface area contributed by atoms with Crippen molar-refractivity contribution in [3.05, 3.63) is 58.1 Å². The molecule has 0 spiro atoms. The highest BCUT2D eigenvalue weighted by atomic mass is 79.9. The molecule has 0 aliphatic heterocycles. The van der Waals surface area contributed by atoms with E-state index < -0.39 is 11.6 Å². The van der Waals surface area contributed by atoms with Gasteiger partial charge in [-0.05, 0) is 46.1 Å². The second-order valence-corrected chi connectivity index (χ2v) is 5.39. The summed E-state index contributed by atoms with van der Waals surface area (Å²) in [5.41, 5.74) is 6.99. The average molecular weight is 355 g/mol. The smallest absolute Gasteiger partial charge is 0.224 e. The van der Waals surface area contributed by atoms with Gasteiger partial charge in [0, 0.05) is 18.2 Å². The van der Waals surface area contributed by atoms with Crippen molar-refractivity contribution in [2.45, 2.75) is 12.8 Å². The Bertz CT molecular complexity index is 659. The first-order valence-electron chi connectivity index (χ1n) is 6.24. The third-order valence-electron chi connectivity index (χ3n) is 2.90. The van der Waals surface area contributed by atoms with E-state index in [0.29, 0.717) is 12.1 Å². The van der Waals surface area contributed by atoms with Crippen LogP contribution in [-0.4, -0.2) is 5.91 Å². The molecule has 0 saturated carbocycles. The van der Waals surface area contributed by atoms with Gasteiger partial charge in [-0.15, -0.1) is 0 Å². The second kappa shape index (κ2) is 6.67. The first-order valence-corrected chi connectivity index (χ1v) is 7.04. The molecule has 0 aromatic heterocycles. The van der Waals surface area contributed by atoms with Crippen molar-refractivity contribution in [1.82, 2.24) is 0 Å². The zero-order chi connectivity index (χ0) is 15.4. The van der Waals surface area contributed by atoms with Crippen molar-refractivity contribution in [1.29, 1.82) is 0 Å². The predicted octanol–water partition coefficient (Wildman–Crippen LogP) is 3.88. The maximum absolute atomic E-state index is 13.6. The Morgan fingerprint density at radius 2 is 1.81 bits per heavy atom. The van der Waals surface area contributed by atoms with Crippen LogP contribution in [-0.2, 0) is 11.2 Å². The Balaban J connectivity index is 1.96. The molecule has 2 aromatic carbocycles. The van der Waals surface area contributed by atoms with Crippen LogP contribution in [0.2, 0.25) is 0 Å². The van der Waals surface area contributed by atoms with E-state index in [1.165, 1.54) is 0 Å². The Labute approximate surface area is 129 Å². The van der Waals surface area contributed by atoms with Crippen molar-refractivity contribution < 1.29 is 13.6 Å². The fourth-order valence-electron chi connectivity index (χ4n) is 1.77. The van der Waals surface area contributed by atoms with Crippen LogP contribution >= 0.6 is 15.9 Å². The van der Waals surface area contributed by atoms with E-state index in [2.05, 4.69) is 21.2 Å². The second-order valence-electron chi connectivity index (χ2n) is 4.54. The van der Waals surface area contributed by atoms with Gasteiger partial charge in [0.05, 0.1) is 10.2 Å².